The number of hydrogen-bond acceptors (Lipinski definition) is 6. The Morgan fingerprint density at radius 1 is 1.11 bits per heavy atom. The molecule has 1 fully saturated rings. The fourth-order valence-electron chi connectivity index (χ4n) is 4.62. The summed E-state index contributed by atoms with van der Waals surface area (Å²) in [7, 11) is 0. The van der Waals surface area contributed by atoms with E-state index < -0.39 is 0 Å². The molecule has 5 rings (SSSR count). The quantitative estimate of drug-likeness (QED) is 0.663. The van der Waals surface area contributed by atoms with Crippen LogP contribution < -0.4 is 4.90 Å². The highest BCUT2D eigenvalue weighted by Gasteiger charge is 2.32. The Morgan fingerprint density at radius 3 is 2.81 bits per heavy atom. The SMILES string of the molecule is CC(C)C1CCCN1c1nc(-c2cnccn2)nc2sc3c(c12)CCCC3. The number of aryl methyl sites for hydroxylation is 2. The summed E-state index contributed by atoms with van der Waals surface area (Å²) in [6.45, 7) is 5.74. The number of thiophene rings is 1. The first-order chi connectivity index (χ1) is 13.2. The third kappa shape index (κ3) is 2.90. The topological polar surface area (TPSA) is 54.8 Å². The van der Waals surface area contributed by atoms with Gasteiger partial charge in [-0.1, -0.05) is 13.8 Å². The molecule has 4 heterocycles. The second-order valence-electron chi connectivity index (χ2n) is 8.00. The van der Waals surface area contributed by atoms with Crippen LogP contribution in [0.3, 0.4) is 0 Å². The van der Waals surface area contributed by atoms with E-state index in [0.717, 1.165) is 29.3 Å². The highest BCUT2D eigenvalue weighted by molar-refractivity contribution is 7.19. The van der Waals surface area contributed by atoms with Gasteiger partial charge in [-0.05, 0) is 50.0 Å². The molecule has 27 heavy (non-hydrogen) atoms. The molecule has 140 valence electrons. The molecule has 3 aromatic rings. The Morgan fingerprint density at radius 2 is 2.00 bits per heavy atom. The molecule has 0 radical (unpaired) electrons. The van der Waals surface area contributed by atoms with Crippen molar-refractivity contribution in [3.8, 4) is 11.5 Å². The predicted octanol–water partition coefficient (Wildman–Crippen LogP) is 4.65. The molecule has 1 aliphatic carbocycles. The molecule has 1 aliphatic heterocycles. The fraction of sp³-hybridized carbons (Fsp3) is 0.524. The van der Waals surface area contributed by atoms with E-state index in [1.54, 1.807) is 18.6 Å². The average molecular weight is 380 g/mol. The van der Waals surface area contributed by atoms with Gasteiger partial charge in [0.25, 0.3) is 0 Å². The maximum atomic E-state index is 5.09. The van der Waals surface area contributed by atoms with Crippen LogP contribution in [0.2, 0.25) is 0 Å². The monoisotopic (exact) mass is 379 g/mol. The van der Waals surface area contributed by atoms with Crippen molar-refractivity contribution in [1.82, 2.24) is 19.9 Å². The van der Waals surface area contributed by atoms with Crippen molar-refractivity contribution in [2.75, 3.05) is 11.4 Å². The molecule has 2 aliphatic rings. The lowest BCUT2D eigenvalue weighted by Gasteiger charge is -2.30. The van der Waals surface area contributed by atoms with E-state index in [1.165, 1.54) is 47.9 Å². The van der Waals surface area contributed by atoms with Crippen LogP contribution in [-0.2, 0) is 12.8 Å². The lowest BCUT2D eigenvalue weighted by molar-refractivity contribution is 0.490. The van der Waals surface area contributed by atoms with E-state index in [9.17, 15) is 0 Å². The summed E-state index contributed by atoms with van der Waals surface area (Å²) in [6.07, 6.45) is 12.6. The van der Waals surface area contributed by atoms with Crippen molar-refractivity contribution in [1.29, 1.82) is 0 Å². The predicted molar refractivity (Wildman–Crippen MR) is 110 cm³/mol. The molecule has 5 nitrogen and oxygen atoms in total. The van der Waals surface area contributed by atoms with Gasteiger partial charge < -0.3 is 4.90 Å². The number of aromatic nitrogens is 4. The average Bonchev–Trinajstić information content (AvgIpc) is 3.32. The number of anilines is 1. The van der Waals surface area contributed by atoms with Crippen molar-refractivity contribution in [3.63, 3.8) is 0 Å². The second-order valence-corrected chi connectivity index (χ2v) is 9.08. The van der Waals surface area contributed by atoms with Crippen LogP contribution in [0, 0.1) is 5.92 Å². The lowest BCUT2D eigenvalue weighted by Crippen LogP contribution is -2.34. The van der Waals surface area contributed by atoms with Crippen LogP contribution >= 0.6 is 11.3 Å². The number of hydrogen-bond donors (Lipinski definition) is 0. The van der Waals surface area contributed by atoms with Gasteiger partial charge in [0.1, 0.15) is 16.3 Å². The Hall–Kier alpha value is -2.08. The Bertz CT molecular complexity index is 966. The summed E-state index contributed by atoms with van der Waals surface area (Å²) in [5, 5.41) is 1.31. The molecular formula is C21H25N5S. The first kappa shape index (κ1) is 17.0. The van der Waals surface area contributed by atoms with E-state index in [2.05, 4.69) is 28.7 Å². The number of rotatable bonds is 3. The van der Waals surface area contributed by atoms with Crippen LogP contribution in [0.1, 0.15) is 50.0 Å². The minimum Gasteiger partial charge on any atom is -0.353 e. The van der Waals surface area contributed by atoms with Gasteiger partial charge >= 0.3 is 0 Å². The van der Waals surface area contributed by atoms with Crippen molar-refractivity contribution in [2.45, 2.75) is 58.4 Å². The van der Waals surface area contributed by atoms with Crippen LogP contribution in [0.15, 0.2) is 18.6 Å². The minimum absolute atomic E-state index is 0.553. The van der Waals surface area contributed by atoms with Crippen molar-refractivity contribution >= 4 is 27.4 Å². The first-order valence-electron chi connectivity index (χ1n) is 10.1. The van der Waals surface area contributed by atoms with Crippen molar-refractivity contribution < 1.29 is 0 Å². The largest absolute Gasteiger partial charge is 0.353 e. The van der Waals surface area contributed by atoms with Gasteiger partial charge in [0.2, 0.25) is 0 Å². The number of nitrogens with zero attached hydrogens (tertiary/aromatic N) is 5. The highest BCUT2D eigenvalue weighted by Crippen LogP contribution is 2.42. The van der Waals surface area contributed by atoms with Gasteiger partial charge in [0.15, 0.2) is 5.82 Å². The lowest BCUT2D eigenvalue weighted by atomic mass is 9.96. The van der Waals surface area contributed by atoms with Gasteiger partial charge in [-0.2, -0.15) is 0 Å². The van der Waals surface area contributed by atoms with Crippen molar-refractivity contribution in [2.24, 2.45) is 5.92 Å². The molecule has 0 aromatic carbocycles. The first-order valence-corrected chi connectivity index (χ1v) is 10.9. The smallest absolute Gasteiger partial charge is 0.183 e. The molecule has 0 amide bonds. The van der Waals surface area contributed by atoms with E-state index in [-0.39, 0.29) is 0 Å². The summed E-state index contributed by atoms with van der Waals surface area (Å²) in [4.78, 5) is 23.9. The van der Waals surface area contributed by atoms with Gasteiger partial charge in [0.05, 0.1) is 11.6 Å². The maximum absolute atomic E-state index is 5.09. The van der Waals surface area contributed by atoms with Crippen LogP contribution in [-0.4, -0.2) is 32.5 Å². The van der Waals surface area contributed by atoms with E-state index in [0.29, 0.717) is 17.8 Å². The summed E-state index contributed by atoms with van der Waals surface area (Å²) >= 11 is 1.87. The van der Waals surface area contributed by atoms with Crippen LogP contribution in [0.5, 0.6) is 0 Å². The molecular weight excluding hydrogens is 354 g/mol. The zero-order valence-corrected chi connectivity index (χ0v) is 16.8. The molecule has 0 N–H and O–H groups in total. The normalized spacial score (nSPS) is 19.8. The summed E-state index contributed by atoms with van der Waals surface area (Å²) < 4.78 is 0. The van der Waals surface area contributed by atoms with Gasteiger partial charge in [-0.25, -0.2) is 15.0 Å². The molecule has 1 unspecified atom stereocenters. The van der Waals surface area contributed by atoms with Gasteiger partial charge in [-0.15, -0.1) is 11.3 Å². The molecule has 0 spiro atoms. The fourth-order valence-corrected chi connectivity index (χ4v) is 5.88. The van der Waals surface area contributed by atoms with E-state index in [4.69, 9.17) is 9.97 Å². The molecule has 0 saturated carbocycles. The van der Waals surface area contributed by atoms with Crippen LogP contribution in [0.25, 0.3) is 21.7 Å². The zero-order valence-electron chi connectivity index (χ0n) is 16.0. The summed E-state index contributed by atoms with van der Waals surface area (Å²) in [6, 6.07) is 0.553. The van der Waals surface area contributed by atoms with Crippen LogP contribution in [0.4, 0.5) is 5.82 Å². The standard InChI is InChI=1S/C21H25N5S/c1-13(2)16-7-5-11-26(16)20-18-14-6-3-4-8-17(14)27-21(18)25-19(24-20)15-12-22-9-10-23-15/h9-10,12-13,16H,3-8,11H2,1-2H3. The van der Waals surface area contributed by atoms with E-state index >= 15 is 0 Å². The minimum atomic E-state index is 0.553. The third-order valence-corrected chi connectivity index (χ3v) is 7.11. The number of fused-ring (bicyclic) bond motifs is 3. The summed E-state index contributed by atoms with van der Waals surface area (Å²) in [5.74, 6) is 2.46. The third-order valence-electron chi connectivity index (χ3n) is 5.93. The Balaban J connectivity index is 1.74. The Labute approximate surface area is 163 Å². The zero-order chi connectivity index (χ0) is 18.4. The summed E-state index contributed by atoms with van der Waals surface area (Å²) in [5.41, 5.74) is 2.27. The second kappa shape index (κ2) is 6.82. The molecule has 6 heteroatoms. The highest BCUT2D eigenvalue weighted by atomic mass is 32.1. The Kier molecular flexibility index (Phi) is 4.31. The van der Waals surface area contributed by atoms with Gasteiger partial charge in [0, 0.05) is 29.9 Å². The molecule has 0 bridgehead atoms. The van der Waals surface area contributed by atoms with Crippen molar-refractivity contribution in [3.05, 3.63) is 29.0 Å². The molecule has 3 aromatic heterocycles. The molecule has 1 atom stereocenters. The maximum Gasteiger partial charge on any atom is 0.183 e. The molecule has 1 saturated heterocycles. The van der Waals surface area contributed by atoms with Gasteiger partial charge in [-0.3, -0.25) is 4.98 Å². The van der Waals surface area contributed by atoms with E-state index in [1.807, 2.05) is 11.3 Å².